The van der Waals surface area contributed by atoms with E-state index in [1.54, 1.807) is 55.5 Å². The molecule has 1 aromatic heterocycles. The molecule has 10 nitrogen and oxygen atoms in total. The number of benzene rings is 2. The zero-order valence-electron chi connectivity index (χ0n) is 19.1. The van der Waals surface area contributed by atoms with Crippen LogP contribution >= 0.6 is 11.3 Å². The van der Waals surface area contributed by atoms with E-state index in [1.165, 1.54) is 11.3 Å². The van der Waals surface area contributed by atoms with Gasteiger partial charge >= 0.3 is 0 Å². The lowest BCUT2D eigenvalue weighted by atomic mass is 10.1. The molecule has 1 fully saturated rings. The van der Waals surface area contributed by atoms with Gasteiger partial charge in [0, 0.05) is 18.7 Å². The van der Waals surface area contributed by atoms with Crippen LogP contribution in [0.25, 0.3) is 0 Å². The first-order chi connectivity index (χ1) is 16.9. The molecule has 4 N–H and O–H groups in total. The molecule has 0 spiro atoms. The van der Waals surface area contributed by atoms with E-state index in [0.717, 1.165) is 18.2 Å². The molecule has 0 atom stereocenters. The summed E-state index contributed by atoms with van der Waals surface area (Å²) in [4.78, 5) is 43.8. The van der Waals surface area contributed by atoms with Crippen LogP contribution in [0.3, 0.4) is 0 Å². The number of hydrogen-bond donors (Lipinski definition) is 3. The normalized spacial score (nSPS) is 13.2. The smallest absolute Gasteiger partial charge is 0.281 e. The Bertz CT molecular complexity index is 1240. The Hall–Kier alpha value is -3.96. The van der Waals surface area contributed by atoms with Crippen LogP contribution in [0.15, 0.2) is 48.5 Å². The van der Waals surface area contributed by atoms with Crippen LogP contribution in [0.4, 0.5) is 5.13 Å². The number of thiazole rings is 1. The SMILES string of the molecule is Cc1nc(N2CCOCC2)sc1C(=O)NNC(=O)c1cccc(COc2ccccc2C(N)=O)c1. The molecule has 35 heavy (non-hydrogen) atoms. The zero-order chi connectivity index (χ0) is 24.8. The summed E-state index contributed by atoms with van der Waals surface area (Å²) in [5, 5.41) is 0.757. The lowest BCUT2D eigenvalue weighted by Crippen LogP contribution is -2.41. The van der Waals surface area contributed by atoms with E-state index in [1.807, 2.05) is 0 Å². The minimum absolute atomic E-state index is 0.127. The maximum absolute atomic E-state index is 12.7. The molecule has 0 bridgehead atoms. The number of primary amides is 1. The molecule has 182 valence electrons. The van der Waals surface area contributed by atoms with E-state index < -0.39 is 17.7 Å². The van der Waals surface area contributed by atoms with Gasteiger partial charge in [0.1, 0.15) is 17.2 Å². The Morgan fingerprint density at radius 1 is 1.09 bits per heavy atom. The summed E-state index contributed by atoms with van der Waals surface area (Å²) in [6.45, 7) is 4.58. The molecule has 0 saturated carbocycles. The number of amides is 3. The molecule has 3 amide bonds. The second kappa shape index (κ2) is 11.0. The van der Waals surface area contributed by atoms with Gasteiger partial charge in [0.15, 0.2) is 5.13 Å². The highest BCUT2D eigenvalue weighted by atomic mass is 32.1. The van der Waals surface area contributed by atoms with Crippen LogP contribution in [0.5, 0.6) is 5.75 Å². The van der Waals surface area contributed by atoms with Crippen LogP contribution < -0.4 is 26.2 Å². The number of hydrogen-bond acceptors (Lipinski definition) is 8. The molecular formula is C24H25N5O5S. The van der Waals surface area contributed by atoms with Crippen molar-refractivity contribution in [3.8, 4) is 5.75 Å². The third-order valence-corrected chi connectivity index (χ3v) is 6.52. The van der Waals surface area contributed by atoms with Crippen LogP contribution in [0, 0.1) is 6.92 Å². The van der Waals surface area contributed by atoms with Gasteiger partial charge in [0.25, 0.3) is 17.7 Å². The van der Waals surface area contributed by atoms with E-state index in [9.17, 15) is 14.4 Å². The number of carbonyl (C=O) groups excluding carboxylic acids is 3. The van der Waals surface area contributed by atoms with Gasteiger partial charge in [-0.3, -0.25) is 25.2 Å². The van der Waals surface area contributed by atoms with Gasteiger partial charge < -0.3 is 20.1 Å². The highest BCUT2D eigenvalue weighted by molar-refractivity contribution is 7.17. The van der Waals surface area contributed by atoms with Gasteiger partial charge in [-0.25, -0.2) is 4.98 Å². The molecule has 0 aliphatic carbocycles. The molecule has 0 unspecified atom stereocenters. The lowest BCUT2D eigenvalue weighted by molar-refractivity contribution is 0.0848. The number of para-hydroxylation sites is 1. The van der Waals surface area contributed by atoms with Crippen molar-refractivity contribution in [2.24, 2.45) is 5.73 Å². The summed E-state index contributed by atoms with van der Waals surface area (Å²) >= 11 is 1.28. The molecule has 4 rings (SSSR count). The monoisotopic (exact) mass is 495 g/mol. The summed E-state index contributed by atoms with van der Waals surface area (Å²) in [7, 11) is 0. The highest BCUT2D eigenvalue weighted by Crippen LogP contribution is 2.26. The third kappa shape index (κ3) is 5.94. The zero-order valence-corrected chi connectivity index (χ0v) is 19.9. The van der Waals surface area contributed by atoms with Gasteiger partial charge in [0.05, 0.1) is 24.5 Å². The first kappa shape index (κ1) is 24.2. The van der Waals surface area contributed by atoms with Crippen molar-refractivity contribution >= 4 is 34.2 Å². The summed E-state index contributed by atoms with van der Waals surface area (Å²) in [5.41, 5.74) is 12.2. The van der Waals surface area contributed by atoms with Crippen LogP contribution in [-0.4, -0.2) is 49.0 Å². The summed E-state index contributed by atoms with van der Waals surface area (Å²) in [6, 6.07) is 13.4. The standard InChI is InChI=1S/C24H25N5O5S/c1-15-20(35-24(26-15)29-9-11-33-12-10-29)23(32)28-27-22(31)17-6-4-5-16(13-17)14-34-19-8-3-2-7-18(19)21(25)30/h2-8,13H,9-12,14H2,1H3,(H2,25,30)(H,27,31)(H,28,32). The third-order valence-electron chi connectivity index (χ3n) is 5.30. The second-order valence-electron chi connectivity index (χ2n) is 7.77. The summed E-state index contributed by atoms with van der Waals surface area (Å²) in [6.07, 6.45) is 0. The predicted octanol–water partition coefficient (Wildman–Crippen LogP) is 2.04. The number of carbonyl (C=O) groups is 3. The molecule has 2 heterocycles. The van der Waals surface area contributed by atoms with Gasteiger partial charge in [-0.2, -0.15) is 0 Å². The largest absolute Gasteiger partial charge is 0.488 e. The Labute approximate surface area is 206 Å². The van der Waals surface area contributed by atoms with Crippen molar-refractivity contribution in [2.45, 2.75) is 13.5 Å². The fourth-order valence-corrected chi connectivity index (χ4v) is 4.50. The van der Waals surface area contributed by atoms with Crippen molar-refractivity contribution in [1.29, 1.82) is 0 Å². The average Bonchev–Trinajstić information content (AvgIpc) is 3.28. The van der Waals surface area contributed by atoms with E-state index in [2.05, 4.69) is 20.7 Å². The van der Waals surface area contributed by atoms with E-state index >= 15 is 0 Å². The first-order valence-electron chi connectivity index (χ1n) is 10.9. The van der Waals surface area contributed by atoms with Gasteiger partial charge in [-0.15, -0.1) is 0 Å². The first-order valence-corrected chi connectivity index (χ1v) is 11.8. The molecule has 3 aromatic rings. The molecule has 1 aliphatic heterocycles. The molecule has 2 aromatic carbocycles. The van der Waals surface area contributed by atoms with Gasteiger partial charge in [-0.1, -0.05) is 35.6 Å². The van der Waals surface area contributed by atoms with Crippen LogP contribution in [0.1, 0.15) is 41.6 Å². The van der Waals surface area contributed by atoms with Crippen molar-refractivity contribution < 1.29 is 23.9 Å². The Balaban J connectivity index is 1.35. The number of hydrazine groups is 1. The number of nitrogens with two attached hydrogens (primary N) is 1. The number of morpholine rings is 1. The highest BCUT2D eigenvalue weighted by Gasteiger charge is 2.21. The topological polar surface area (TPSA) is 136 Å². The number of anilines is 1. The molecular weight excluding hydrogens is 470 g/mol. The van der Waals surface area contributed by atoms with Crippen molar-refractivity contribution in [2.75, 3.05) is 31.2 Å². The quantitative estimate of drug-likeness (QED) is 0.427. The van der Waals surface area contributed by atoms with Crippen molar-refractivity contribution in [3.63, 3.8) is 0 Å². The van der Waals surface area contributed by atoms with Crippen LogP contribution in [-0.2, 0) is 11.3 Å². The molecule has 11 heteroatoms. The number of aryl methyl sites for hydroxylation is 1. The minimum Gasteiger partial charge on any atom is -0.488 e. The number of nitrogens with zero attached hydrogens (tertiary/aromatic N) is 2. The molecule has 1 aliphatic rings. The fraction of sp³-hybridized carbons (Fsp3) is 0.250. The van der Waals surface area contributed by atoms with Gasteiger partial charge in [-0.05, 0) is 36.8 Å². The Kier molecular flexibility index (Phi) is 7.58. The predicted molar refractivity (Wildman–Crippen MR) is 131 cm³/mol. The Morgan fingerprint density at radius 2 is 1.83 bits per heavy atom. The maximum Gasteiger partial charge on any atom is 0.281 e. The van der Waals surface area contributed by atoms with Crippen LogP contribution in [0.2, 0.25) is 0 Å². The summed E-state index contributed by atoms with van der Waals surface area (Å²) < 4.78 is 11.1. The maximum atomic E-state index is 12.7. The number of aromatic nitrogens is 1. The van der Waals surface area contributed by atoms with E-state index in [0.29, 0.717) is 40.7 Å². The second-order valence-corrected chi connectivity index (χ2v) is 8.75. The molecule has 1 saturated heterocycles. The number of rotatable bonds is 7. The fourth-order valence-electron chi connectivity index (χ4n) is 3.48. The number of ether oxygens (including phenoxy) is 2. The van der Waals surface area contributed by atoms with Gasteiger partial charge in [0.2, 0.25) is 0 Å². The summed E-state index contributed by atoms with van der Waals surface area (Å²) in [5.74, 6) is -1.14. The minimum atomic E-state index is -0.585. The van der Waals surface area contributed by atoms with Crippen molar-refractivity contribution in [1.82, 2.24) is 15.8 Å². The molecule has 0 radical (unpaired) electrons. The van der Waals surface area contributed by atoms with Crippen molar-refractivity contribution in [3.05, 3.63) is 75.8 Å². The lowest BCUT2D eigenvalue weighted by Gasteiger charge is -2.25. The average molecular weight is 496 g/mol. The Morgan fingerprint density at radius 3 is 2.60 bits per heavy atom. The number of nitrogens with one attached hydrogen (secondary N) is 2. The van der Waals surface area contributed by atoms with E-state index in [4.69, 9.17) is 15.2 Å². The van der Waals surface area contributed by atoms with E-state index in [-0.39, 0.29) is 12.2 Å².